The molecule has 4 nitrogen and oxygen atoms in total. The van der Waals surface area contributed by atoms with Crippen LogP contribution >= 0.6 is 15.9 Å². The number of carbonyl (C=O) groups is 2. The summed E-state index contributed by atoms with van der Waals surface area (Å²) in [5, 5.41) is 10.9. The average Bonchev–Trinajstić information content (AvgIpc) is 2.26. The summed E-state index contributed by atoms with van der Waals surface area (Å²) in [4.78, 5) is 22.6. The summed E-state index contributed by atoms with van der Waals surface area (Å²) in [5.41, 5.74) is 0.872. The lowest BCUT2D eigenvalue weighted by molar-refractivity contribution is -0.140. The van der Waals surface area contributed by atoms with Crippen molar-refractivity contribution in [3.05, 3.63) is 33.8 Å². The molecule has 0 bridgehead atoms. The fraction of sp³-hybridized carbons (Fsp3) is 0.333. The second-order valence-electron chi connectivity index (χ2n) is 3.95. The number of carboxylic acid groups (broad SMARTS) is 1. The summed E-state index contributed by atoms with van der Waals surface area (Å²) in [5.74, 6) is -2.17. The third-order valence-electron chi connectivity index (χ3n) is 2.45. The maximum absolute atomic E-state index is 12.2. The van der Waals surface area contributed by atoms with E-state index in [2.05, 4.69) is 21.2 Å². The van der Waals surface area contributed by atoms with E-state index in [-0.39, 0.29) is 5.56 Å². The van der Waals surface area contributed by atoms with Gasteiger partial charge in [-0.1, -0.05) is 15.9 Å². The fourth-order valence-electron chi connectivity index (χ4n) is 1.52. The van der Waals surface area contributed by atoms with Gasteiger partial charge in [0.25, 0.3) is 5.91 Å². The molecule has 1 aromatic carbocycles. The molecule has 1 unspecified atom stereocenters. The van der Waals surface area contributed by atoms with Gasteiger partial charge in [0.05, 0.1) is 0 Å². The first kappa shape index (κ1) is 15.6. The molecule has 1 amide bonds. The van der Waals surface area contributed by atoms with Gasteiger partial charge < -0.3 is 10.4 Å². The van der Waals surface area contributed by atoms with Crippen LogP contribution in [-0.2, 0) is 4.79 Å². The molecule has 0 heterocycles. The van der Waals surface area contributed by atoms with Gasteiger partial charge in [-0.2, -0.15) is 0 Å². The minimum Gasteiger partial charge on any atom is -0.480 e. The van der Waals surface area contributed by atoms with Crippen molar-refractivity contribution >= 4 is 27.8 Å². The average molecular weight is 336 g/mol. The van der Waals surface area contributed by atoms with Crippen molar-refractivity contribution in [2.24, 2.45) is 0 Å². The zero-order valence-corrected chi connectivity index (χ0v) is 11.6. The minimum atomic E-state index is -2.80. The van der Waals surface area contributed by atoms with E-state index in [1.807, 2.05) is 0 Å². The Kier molecular flexibility index (Phi) is 5.41. The number of benzene rings is 1. The number of alkyl halides is 2. The topological polar surface area (TPSA) is 66.4 Å². The summed E-state index contributed by atoms with van der Waals surface area (Å²) < 4.78 is 25.2. The van der Waals surface area contributed by atoms with Crippen LogP contribution in [0.4, 0.5) is 8.78 Å². The maximum atomic E-state index is 12.2. The van der Waals surface area contributed by atoms with Crippen LogP contribution in [0.1, 0.15) is 22.3 Å². The molecule has 0 aliphatic carbocycles. The fourth-order valence-corrected chi connectivity index (χ4v) is 1.99. The van der Waals surface area contributed by atoms with E-state index in [0.29, 0.717) is 5.56 Å². The van der Waals surface area contributed by atoms with Gasteiger partial charge in [-0.25, -0.2) is 13.6 Å². The quantitative estimate of drug-likeness (QED) is 0.869. The Balaban J connectivity index is 2.84. The Morgan fingerprint density at radius 2 is 2.05 bits per heavy atom. The van der Waals surface area contributed by atoms with Gasteiger partial charge in [0, 0.05) is 16.5 Å². The number of carboxylic acids is 1. The van der Waals surface area contributed by atoms with Gasteiger partial charge in [0.2, 0.25) is 6.43 Å². The maximum Gasteiger partial charge on any atom is 0.326 e. The number of hydrogen-bond acceptors (Lipinski definition) is 2. The van der Waals surface area contributed by atoms with Crippen LogP contribution in [0.5, 0.6) is 0 Å². The molecule has 1 aromatic rings. The Bertz CT molecular complexity index is 494. The van der Waals surface area contributed by atoms with E-state index < -0.39 is 30.8 Å². The number of amides is 1. The van der Waals surface area contributed by atoms with Crippen LogP contribution in [0.25, 0.3) is 0 Å². The number of aliphatic carboxylic acids is 1. The van der Waals surface area contributed by atoms with Gasteiger partial charge >= 0.3 is 5.97 Å². The van der Waals surface area contributed by atoms with E-state index in [1.165, 1.54) is 6.07 Å². The second-order valence-corrected chi connectivity index (χ2v) is 4.87. The zero-order chi connectivity index (χ0) is 14.6. The van der Waals surface area contributed by atoms with Gasteiger partial charge in [-0.05, 0) is 30.7 Å². The van der Waals surface area contributed by atoms with Crippen LogP contribution in [-0.4, -0.2) is 29.5 Å². The molecule has 19 heavy (non-hydrogen) atoms. The van der Waals surface area contributed by atoms with Crippen molar-refractivity contribution in [1.82, 2.24) is 5.32 Å². The first-order valence-corrected chi connectivity index (χ1v) is 6.18. The normalized spacial score (nSPS) is 12.3. The van der Waals surface area contributed by atoms with Crippen LogP contribution in [0, 0.1) is 6.92 Å². The van der Waals surface area contributed by atoms with Crippen LogP contribution in [0.3, 0.4) is 0 Å². The molecule has 7 heteroatoms. The largest absolute Gasteiger partial charge is 0.480 e. The van der Waals surface area contributed by atoms with Crippen molar-refractivity contribution in [3.63, 3.8) is 0 Å². The summed E-state index contributed by atoms with van der Waals surface area (Å²) in [7, 11) is 0. The molecule has 0 aliphatic heterocycles. The summed E-state index contributed by atoms with van der Waals surface area (Å²) >= 11 is 3.23. The molecule has 0 aromatic heterocycles. The SMILES string of the molecule is Cc1cc(Br)ccc1C(=O)NC(CC(F)F)C(=O)O. The number of halogens is 3. The number of hydrogen-bond donors (Lipinski definition) is 2. The van der Waals surface area contributed by atoms with E-state index >= 15 is 0 Å². The molecule has 0 radical (unpaired) electrons. The first-order chi connectivity index (χ1) is 8.81. The molecular weight excluding hydrogens is 324 g/mol. The molecule has 0 spiro atoms. The highest BCUT2D eigenvalue weighted by Gasteiger charge is 2.25. The van der Waals surface area contributed by atoms with E-state index in [9.17, 15) is 18.4 Å². The summed E-state index contributed by atoms with van der Waals surface area (Å²) in [6, 6.07) is 3.19. The number of rotatable bonds is 5. The molecule has 0 saturated carbocycles. The number of aryl methyl sites for hydroxylation is 1. The third kappa shape index (κ3) is 4.59. The Labute approximate surface area is 116 Å². The van der Waals surface area contributed by atoms with Crippen molar-refractivity contribution in [2.45, 2.75) is 25.8 Å². The number of nitrogens with one attached hydrogen (secondary N) is 1. The highest BCUT2D eigenvalue weighted by molar-refractivity contribution is 9.10. The molecule has 2 N–H and O–H groups in total. The van der Waals surface area contributed by atoms with Crippen molar-refractivity contribution in [2.75, 3.05) is 0 Å². The third-order valence-corrected chi connectivity index (χ3v) is 2.94. The van der Waals surface area contributed by atoms with Crippen LogP contribution in [0.2, 0.25) is 0 Å². The molecule has 0 aliphatic rings. The lowest BCUT2D eigenvalue weighted by Gasteiger charge is -2.15. The minimum absolute atomic E-state index is 0.253. The van der Waals surface area contributed by atoms with E-state index in [4.69, 9.17) is 5.11 Å². The standard InChI is InChI=1S/C12H12BrF2NO3/c1-6-4-7(13)2-3-8(6)11(17)16-9(12(18)19)5-10(14)15/h2-4,9-10H,5H2,1H3,(H,16,17)(H,18,19). The second kappa shape index (κ2) is 6.60. The predicted octanol–water partition coefficient (Wildman–Crippen LogP) is 2.60. The Morgan fingerprint density at radius 1 is 1.42 bits per heavy atom. The molecule has 1 rings (SSSR count). The Morgan fingerprint density at radius 3 is 2.53 bits per heavy atom. The highest BCUT2D eigenvalue weighted by Crippen LogP contribution is 2.16. The predicted molar refractivity (Wildman–Crippen MR) is 68.4 cm³/mol. The molecule has 1 atom stereocenters. The molecular formula is C12H12BrF2NO3. The highest BCUT2D eigenvalue weighted by atomic mass is 79.9. The van der Waals surface area contributed by atoms with Crippen molar-refractivity contribution in [3.8, 4) is 0 Å². The van der Waals surface area contributed by atoms with Gasteiger partial charge in [-0.3, -0.25) is 4.79 Å². The first-order valence-electron chi connectivity index (χ1n) is 5.39. The van der Waals surface area contributed by atoms with Crippen molar-refractivity contribution < 1.29 is 23.5 Å². The monoisotopic (exact) mass is 335 g/mol. The zero-order valence-electron chi connectivity index (χ0n) is 9.99. The lowest BCUT2D eigenvalue weighted by Crippen LogP contribution is -2.42. The summed E-state index contributed by atoms with van der Waals surface area (Å²) in [6.07, 6.45) is -3.72. The smallest absolute Gasteiger partial charge is 0.326 e. The van der Waals surface area contributed by atoms with Gasteiger partial charge in [0.1, 0.15) is 6.04 Å². The van der Waals surface area contributed by atoms with Crippen LogP contribution in [0.15, 0.2) is 22.7 Å². The molecule has 104 valence electrons. The summed E-state index contributed by atoms with van der Waals surface area (Å²) in [6.45, 7) is 1.67. The van der Waals surface area contributed by atoms with Crippen LogP contribution < -0.4 is 5.32 Å². The molecule has 0 saturated heterocycles. The lowest BCUT2D eigenvalue weighted by atomic mass is 10.1. The molecule has 0 fully saturated rings. The van der Waals surface area contributed by atoms with Gasteiger partial charge in [-0.15, -0.1) is 0 Å². The number of carbonyl (C=O) groups excluding carboxylic acids is 1. The van der Waals surface area contributed by atoms with Crippen molar-refractivity contribution in [1.29, 1.82) is 0 Å². The van der Waals surface area contributed by atoms with E-state index in [0.717, 1.165) is 4.47 Å². The van der Waals surface area contributed by atoms with E-state index in [1.54, 1.807) is 19.1 Å². The van der Waals surface area contributed by atoms with Gasteiger partial charge in [0.15, 0.2) is 0 Å². The Hall–Kier alpha value is -1.50.